The predicted molar refractivity (Wildman–Crippen MR) is 59.6 cm³/mol. The highest BCUT2D eigenvalue weighted by molar-refractivity contribution is 5.26. The number of hydrogen-bond donors (Lipinski definition) is 0. The third-order valence-electron chi connectivity index (χ3n) is 1.71. The van der Waals surface area contributed by atoms with Crippen molar-refractivity contribution in [3.63, 3.8) is 0 Å². The van der Waals surface area contributed by atoms with Gasteiger partial charge >= 0.3 is 0 Å². The van der Waals surface area contributed by atoms with Crippen molar-refractivity contribution in [2.75, 3.05) is 20.6 Å². The molecule has 0 aliphatic rings. The third-order valence-corrected chi connectivity index (χ3v) is 1.71. The van der Waals surface area contributed by atoms with Gasteiger partial charge in [-0.25, -0.2) is 0 Å². The van der Waals surface area contributed by atoms with Gasteiger partial charge in [0.2, 0.25) is 0 Å². The van der Waals surface area contributed by atoms with Crippen LogP contribution in [0.1, 0.15) is 20.3 Å². The van der Waals surface area contributed by atoms with Gasteiger partial charge in [0.05, 0.1) is 0 Å². The first kappa shape index (κ1) is 12.9. The van der Waals surface area contributed by atoms with Crippen molar-refractivity contribution in [2.45, 2.75) is 20.3 Å². The van der Waals surface area contributed by atoms with E-state index in [9.17, 15) is 4.39 Å². The fourth-order valence-corrected chi connectivity index (χ4v) is 0.860. The summed E-state index contributed by atoms with van der Waals surface area (Å²) in [5, 5.41) is 0. The maximum absolute atomic E-state index is 12.8. The molecule has 2 heteroatoms. The molecule has 0 fully saturated rings. The lowest BCUT2D eigenvalue weighted by molar-refractivity contribution is 0.413. The SMILES string of the molecule is CC#C/C(F)=C\C=C(/C)CCN(C)C. The molecule has 0 bridgehead atoms. The van der Waals surface area contributed by atoms with Gasteiger partial charge in [-0.15, -0.1) is 0 Å². The Balaban J connectivity index is 4.09. The van der Waals surface area contributed by atoms with Gasteiger partial charge in [0.1, 0.15) is 0 Å². The maximum Gasteiger partial charge on any atom is 0.173 e. The first-order valence-electron chi connectivity index (χ1n) is 4.66. The number of nitrogens with zero attached hydrogens (tertiary/aromatic N) is 1. The molecular formula is C12H18FN. The molecule has 0 unspecified atom stereocenters. The normalized spacial score (nSPS) is 12.7. The Hall–Kier alpha value is -1.07. The molecule has 0 heterocycles. The van der Waals surface area contributed by atoms with Gasteiger partial charge < -0.3 is 4.90 Å². The Morgan fingerprint density at radius 3 is 2.50 bits per heavy atom. The molecule has 0 amide bonds. The Bertz CT molecular complexity index is 276. The quantitative estimate of drug-likeness (QED) is 0.492. The summed E-state index contributed by atoms with van der Waals surface area (Å²) in [6, 6.07) is 0. The van der Waals surface area contributed by atoms with E-state index >= 15 is 0 Å². The van der Waals surface area contributed by atoms with Gasteiger partial charge in [-0.05, 0) is 46.4 Å². The first-order valence-corrected chi connectivity index (χ1v) is 4.66. The predicted octanol–water partition coefficient (Wildman–Crippen LogP) is 2.76. The average molecular weight is 195 g/mol. The van der Waals surface area contributed by atoms with Crippen LogP contribution in [0.4, 0.5) is 4.39 Å². The summed E-state index contributed by atoms with van der Waals surface area (Å²) in [6.07, 6.45) is 4.15. The second-order valence-corrected chi connectivity index (χ2v) is 3.46. The van der Waals surface area contributed by atoms with Gasteiger partial charge in [0.25, 0.3) is 0 Å². The van der Waals surface area contributed by atoms with Gasteiger partial charge in [0, 0.05) is 6.54 Å². The standard InChI is InChI=1S/C12H18FN/c1-5-6-12(13)8-7-11(2)9-10-14(3)4/h7-8H,9-10H2,1-4H3/b11-7+,12-8+. The van der Waals surface area contributed by atoms with Crippen molar-refractivity contribution in [2.24, 2.45) is 0 Å². The molecule has 0 aromatic carbocycles. The third kappa shape index (κ3) is 7.57. The van der Waals surface area contributed by atoms with E-state index in [1.165, 1.54) is 6.08 Å². The van der Waals surface area contributed by atoms with E-state index in [1.807, 2.05) is 21.0 Å². The summed E-state index contributed by atoms with van der Waals surface area (Å²) >= 11 is 0. The Morgan fingerprint density at radius 2 is 2.00 bits per heavy atom. The molecule has 0 N–H and O–H groups in total. The minimum atomic E-state index is -0.378. The van der Waals surface area contributed by atoms with Gasteiger partial charge in [0.15, 0.2) is 5.83 Å². The van der Waals surface area contributed by atoms with Crippen molar-refractivity contribution < 1.29 is 4.39 Å². The fourth-order valence-electron chi connectivity index (χ4n) is 0.860. The Kier molecular flexibility index (Phi) is 6.78. The van der Waals surface area contributed by atoms with Crippen LogP contribution < -0.4 is 0 Å². The van der Waals surface area contributed by atoms with Crippen LogP contribution in [0, 0.1) is 11.8 Å². The second-order valence-electron chi connectivity index (χ2n) is 3.46. The molecule has 0 atom stereocenters. The van der Waals surface area contributed by atoms with Crippen molar-refractivity contribution in [1.29, 1.82) is 0 Å². The molecule has 0 aromatic heterocycles. The van der Waals surface area contributed by atoms with Crippen LogP contribution in [0.25, 0.3) is 0 Å². The van der Waals surface area contributed by atoms with Crippen LogP contribution in [-0.4, -0.2) is 25.5 Å². The van der Waals surface area contributed by atoms with Gasteiger partial charge in [-0.2, -0.15) is 4.39 Å². The summed E-state index contributed by atoms with van der Waals surface area (Å²) in [6.45, 7) is 4.60. The summed E-state index contributed by atoms with van der Waals surface area (Å²) in [5.41, 5.74) is 1.16. The molecule has 1 nitrogen and oxygen atoms in total. The van der Waals surface area contributed by atoms with E-state index in [0.29, 0.717) is 0 Å². The van der Waals surface area contributed by atoms with E-state index in [0.717, 1.165) is 18.5 Å². The largest absolute Gasteiger partial charge is 0.309 e. The minimum absolute atomic E-state index is 0.378. The maximum atomic E-state index is 12.8. The molecule has 0 aromatic rings. The number of hydrogen-bond acceptors (Lipinski definition) is 1. The Labute approximate surface area is 86.3 Å². The van der Waals surface area contributed by atoms with E-state index in [-0.39, 0.29) is 5.83 Å². The lowest BCUT2D eigenvalue weighted by Gasteiger charge is -2.08. The topological polar surface area (TPSA) is 3.24 Å². The molecular weight excluding hydrogens is 177 g/mol. The molecule has 0 aliphatic heterocycles. The summed E-state index contributed by atoms with van der Waals surface area (Å²) in [5.74, 6) is 4.49. The van der Waals surface area contributed by atoms with E-state index in [2.05, 4.69) is 16.7 Å². The molecule has 0 saturated heterocycles. The van der Waals surface area contributed by atoms with Gasteiger partial charge in [-0.3, -0.25) is 0 Å². The summed E-state index contributed by atoms with van der Waals surface area (Å²) in [4.78, 5) is 2.10. The van der Waals surface area contributed by atoms with E-state index in [4.69, 9.17) is 0 Å². The van der Waals surface area contributed by atoms with Gasteiger partial charge in [-0.1, -0.05) is 17.6 Å². The monoisotopic (exact) mass is 195 g/mol. The average Bonchev–Trinajstić information content (AvgIpc) is 2.12. The second kappa shape index (κ2) is 7.34. The highest BCUT2D eigenvalue weighted by Crippen LogP contribution is 2.03. The smallest absolute Gasteiger partial charge is 0.173 e. The molecule has 0 saturated carbocycles. The fraction of sp³-hybridized carbons (Fsp3) is 0.500. The zero-order valence-corrected chi connectivity index (χ0v) is 9.39. The number of rotatable bonds is 4. The molecule has 0 rings (SSSR count). The van der Waals surface area contributed by atoms with Crippen LogP contribution in [0.15, 0.2) is 23.6 Å². The molecule has 14 heavy (non-hydrogen) atoms. The highest BCUT2D eigenvalue weighted by atomic mass is 19.1. The lowest BCUT2D eigenvalue weighted by Crippen LogP contribution is -2.12. The van der Waals surface area contributed by atoms with Crippen LogP contribution in [-0.2, 0) is 0 Å². The van der Waals surface area contributed by atoms with Crippen molar-refractivity contribution >= 4 is 0 Å². The molecule has 0 aliphatic carbocycles. The number of halogens is 1. The van der Waals surface area contributed by atoms with E-state index < -0.39 is 0 Å². The Morgan fingerprint density at radius 1 is 1.36 bits per heavy atom. The lowest BCUT2D eigenvalue weighted by atomic mass is 10.2. The molecule has 78 valence electrons. The van der Waals surface area contributed by atoms with Crippen LogP contribution in [0.5, 0.6) is 0 Å². The van der Waals surface area contributed by atoms with E-state index in [1.54, 1.807) is 13.0 Å². The number of allylic oxidation sites excluding steroid dienone is 3. The minimum Gasteiger partial charge on any atom is -0.309 e. The zero-order chi connectivity index (χ0) is 11.0. The van der Waals surface area contributed by atoms with Crippen molar-refractivity contribution in [3.05, 3.63) is 23.6 Å². The van der Waals surface area contributed by atoms with Crippen LogP contribution in [0.3, 0.4) is 0 Å². The molecule has 0 spiro atoms. The van der Waals surface area contributed by atoms with Crippen LogP contribution >= 0.6 is 0 Å². The first-order chi connectivity index (χ1) is 6.56. The highest BCUT2D eigenvalue weighted by Gasteiger charge is 1.92. The molecule has 0 radical (unpaired) electrons. The zero-order valence-electron chi connectivity index (χ0n) is 9.39. The van der Waals surface area contributed by atoms with Crippen molar-refractivity contribution in [1.82, 2.24) is 4.90 Å². The van der Waals surface area contributed by atoms with Crippen molar-refractivity contribution in [3.8, 4) is 11.8 Å². The summed E-state index contributed by atoms with van der Waals surface area (Å²) < 4.78 is 12.8. The summed E-state index contributed by atoms with van der Waals surface area (Å²) in [7, 11) is 4.04. The van der Waals surface area contributed by atoms with Crippen LogP contribution in [0.2, 0.25) is 0 Å².